The number of nitrogens with one attached hydrogen (secondary N) is 2. The monoisotopic (exact) mass is 359 g/mol. The molecule has 0 bridgehead atoms. The number of hydrogen-bond acceptors (Lipinski definition) is 7. The molecule has 0 saturated carbocycles. The molecule has 1 aromatic carbocycles. The zero-order valence-electron chi connectivity index (χ0n) is 13.4. The van der Waals surface area contributed by atoms with Crippen molar-refractivity contribution in [3.63, 3.8) is 0 Å². The van der Waals surface area contributed by atoms with Crippen molar-refractivity contribution in [2.45, 2.75) is 6.04 Å². The number of nitrogens with zero attached hydrogens (tertiary/aromatic N) is 5. The largest absolute Gasteiger partial charge is 0.338 e. The highest BCUT2D eigenvalue weighted by atomic mass is 35.5. The molecule has 0 atom stereocenters. The summed E-state index contributed by atoms with van der Waals surface area (Å²) in [7, 11) is 1.94. The fourth-order valence-electron chi connectivity index (χ4n) is 2.54. The minimum Gasteiger partial charge on any atom is -0.338 e. The Morgan fingerprint density at radius 3 is 2.88 bits per heavy atom. The second-order valence-corrected chi connectivity index (χ2v) is 6.18. The highest BCUT2D eigenvalue weighted by Crippen LogP contribution is 2.27. The molecular formula is C16H15ClFN7. The highest BCUT2D eigenvalue weighted by molar-refractivity contribution is 6.31. The van der Waals surface area contributed by atoms with E-state index in [-0.39, 0.29) is 10.7 Å². The second-order valence-electron chi connectivity index (χ2n) is 5.78. The van der Waals surface area contributed by atoms with Gasteiger partial charge in [0, 0.05) is 20.1 Å². The predicted octanol–water partition coefficient (Wildman–Crippen LogP) is 2.36. The van der Waals surface area contributed by atoms with E-state index in [1.165, 1.54) is 12.4 Å². The summed E-state index contributed by atoms with van der Waals surface area (Å²) in [6, 6.07) is 5.09. The minimum atomic E-state index is -0.539. The van der Waals surface area contributed by atoms with Crippen LogP contribution in [0.2, 0.25) is 5.02 Å². The summed E-state index contributed by atoms with van der Waals surface area (Å²) >= 11 is 5.84. The molecule has 4 rings (SSSR count). The predicted molar refractivity (Wildman–Crippen MR) is 94.9 cm³/mol. The molecule has 3 aromatic rings. The summed E-state index contributed by atoms with van der Waals surface area (Å²) < 4.78 is 14.2. The Kier molecular flexibility index (Phi) is 4.06. The van der Waals surface area contributed by atoms with Gasteiger partial charge in [-0.1, -0.05) is 17.7 Å². The van der Waals surface area contributed by atoms with Crippen LogP contribution in [0.1, 0.15) is 0 Å². The highest BCUT2D eigenvalue weighted by Gasteiger charge is 2.24. The first-order chi connectivity index (χ1) is 12.1. The third-order valence-corrected chi connectivity index (χ3v) is 4.48. The van der Waals surface area contributed by atoms with Crippen LogP contribution in [0.25, 0.3) is 11.0 Å². The minimum absolute atomic E-state index is 0.0379. The fourth-order valence-corrected chi connectivity index (χ4v) is 2.72. The van der Waals surface area contributed by atoms with Crippen LogP contribution < -0.4 is 15.5 Å². The van der Waals surface area contributed by atoms with Gasteiger partial charge in [-0.3, -0.25) is 0 Å². The van der Waals surface area contributed by atoms with Crippen LogP contribution in [0.4, 0.5) is 21.8 Å². The van der Waals surface area contributed by atoms with Crippen LogP contribution >= 0.6 is 11.6 Å². The van der Waals surface area contributed by atoms with Gasteiger partial charge in [0.05, 0.1) is 22.9 Å². The van der Waals surface area contributed by atoms with Crippen molar-refractivity contribution in [2.75, 3.05) is 30.4 Å². The molecule has 0 spiro atoms. The van der Waals surface area contributed by atoms with E-state index in [4.69, 9.17) is 11.6 Å². The smallest absolute Gasteiger partial charge is 0.226 e. The molecule has 1 aliphatic heterocycles. The molecule has 0 amide bonds. The normalized spacial score (nSPS) is 14.4. The van der Waals surface area contributed by atoms with Gasteiger partial charge in [-0.2, -0.15) is 0 Å². The Labute approximate surface area is 148 Å². The van der Waals surface area contributed by atoms with Crippen molar-refractivity contribution < 1.29 is 4.39 Å². The summed E-state index contributed by atoms with van der Waals surface area (Å²) in [6.45, 7) is 1.78. The number of rotatable bonds is 4. The van der Waals surface area contributed by atoms with Crippen LogP contribution in [-0.2, 0) is 0 Å². The van der Waals surface area contributed by atoms with Gasteiger partial charge >= 0.3 is 0 Å². The third-order valence-electron chi connectivity index (χ3n) is 4.19. The maximum Gasteiger partial charge on any atom is 0.226 e. The number of anilines is 3. The van der Waals surface area contributed by atoms with Crippen molar-refractivity contribution in [3.05, 3.63) is 41.6 Å². The first-order valence-electron chi connectivity index (χ1n) is 7.76. The number of fused-ring (bicyclic) bond motifs is 1. The number of halogens is 2. The molecule has 0 aliphatic carbocycles. The first-order valence-corrected chi connectivity index (χ1v) is 8.13. The Bertz CT molecular complexity index is 932. The second kappa shape index (κ2) is 6.38. The van der Waals surface area contributed by atoms with E-state index in [9.17, 15) is 4.39 Å². The number of aromatic nitrogens is 4. The van der Waals surface area contributed by atoms with Crippen molar-refractivity contribution in [1.82, 2.24) is 25.3 Å². The number of benzene rings is 1. The molecule has 25 heavy (non-hydrogen) atoms. The lowest BCUT2D eigenvalue weighted by atomic mass is 10.1. The zero-order valence-corrected chi connectivity index (χ0v) is 14.1. The lowest BCUT2D eigenvalue weighted by Gasteiger charge is -2.35. The standard InChI is InChI=1S/C16H15ClFN7/c1-25(9-5-19-6-9)16-20-7-12-14(24-16)15(22-8-21-12)23-11-4-2-3-10(17)13(11)18/h2-4,7-9,19H,5-6H2,1H3,(H,21,22,23). The van der Waals surface area contributed by atoms with Gasteiger partial charge < -0.3 is 15.5 Å². The molecule has 3 heterocycles. The van der Waals surface area contributed by atoms with Gasteiger partial charge in [-0.15, -0.1) is 0 Å². The Morgan fingerprint density at radius 2 is 2.12 bits per heavy atom. The van der Waals surface area contributed by atoms with Crippen molar-refractivity contribution >= 4 is 40.1 Å². The molecule has 2 aromatic heterocycles. The van der Waals surface area contributed by atoms with Crippen molar-refractivity contribution in [3.8, 4) is 0 Å². The van der Waals surface area contributed by atoms with Gasteiger partial charge in [-0.05, 0) is 12.1 Å². The van der Waals surface area contributed by atoms with Crippen LogP contribution in [0.3, 0.4) is 0 Å². The van der Waals surface area contributed by atoms with E-state index in [2.05, 4.69) is 30.6 Å². The summed E-state index contributed by atoms with van der Waals surface area (Å²) in [5.41, 5.74) is 1.32. The van der Waals surface area contributed by atoms with Gasteiger partial charge in [0.2, 0.25) is 5.95 Å². The number of likely N-dealkylation sites (N-methyl/N-ethyl adjacent to an activating group) is 1. The maximum atomic E-state index is 14.2. The van der Waals surface area contributed by atoms with Crippen molar-refractivity contribution in [1.29, 1.82) is 0 Å². The lowest BCUT2D eigenvalue weighted by molar-refractivity contribution is 0.425. The topological polar surface area (TPSA) is 78.9 Å². The van der Waals surface area contributed by atoms with E-state index in [0.717, 1.165) is 13.1 Å². The third kappa shape index (κ3) is 2.94. The van der Waals surface area contributed by atoms with E-state index in [1.807, 2.05) is 11.9 Å². The van der Waals surface area contributed by atoms with E-state index in [1.54, 1.807) is 18.3 Å². The van der Waals surface area contributed by atoms with Gasteiger partial charge in [0.15, 0.2) is 11.6 Å². The fraction of sp³-hybridized carbons (Fsp3) is 0.250. The summed E-state index contributed by atoms with van der Waals surface area (Å²) in [4.78, 5) is 19.3. The van der Waals surface area contributed by atoms with Crippen LogP contribution in [0.15, 0.2) is 30.7 Å². The zero-order chi connectivity index (χ0) is 17.4. The Morgan fingerprint density at radius 1 is 1.28 bits per heavy atom. The average molecular weight is 360 g/mol. The van der Waals surface area contributed by atoms with E-state index in [0.29, 0.717) is 28.8 Å². The molecule has 2 N–H and O–H groups in total. The van der Waals surface area contributed by atoms with E-state index < -0.39 is 5.82 Å². The molecule has 7 nitrogen and oxygen atoms in total. The molecule has 128 valence electrons. The maximum absolute atomic E-state index is 14.2. The molecule has 0 radical (unpaired) electrons. The lowest BCUT2D eigenvalue weighted by Crippen LogP contribution is -2.56. The van der Waals surface area contributed by atoms with Gasteiger partial charge in [0.1, 0.15) is 17.4 Å². The molecule has 0 unspecified atom stereocenters. The molecule has 1 fully saturated rings. The van der Waals surface area contributed by atoms with Crippen LogP contribution in [-0.4, -0.2) is 46.1 Å². The van der Waals surface area contributed by atoms with Crippen molar-refractivity contribution in [2.24, 2.45) is 0 Å². The Balaban J connectivity index is 1.74. The van der Waals surface area contributed by atoms with Crippen LogP contribution in [0, 0.1) is 5.82 Å². The molecule has 9 heteroatoms. The van der Waals surface area contributed by atoms with Gasteiger partial charge in [0.25, 0.3) is 0 Å². The van der Waals surface area contributed by atoms with Gasteiger partial charge in [-0.25, -0.2) is 24.3 Å². The SMILES string of the molecule is CN(c1ncc2ncnc(Nc3cccc(Cl)c3F)c2n1)C1CNC1. The van der Waals surface area contributed by atoms with E-state index >= 15 is 0 Å². The quantitative estimate of drug-likeness (QED) is 0.740. The summed E-state index contributed by atoms with van der Waals surface area (Å²) in [6.07, 6.45) is 3.02. The summed E-state index contributed by atoms with van der Waals surface area (Å²) in [5.74, 6) is 0.432. The molecule has 1 saturated heterocycles. The Hall–Kier alpha value is -2.58. The molecular weight excluding hydrogens is 345 g/mol. The average Bonchev–Trinajstić information content (AvgIpc) is 2.57. The number of hydrogen-bond donors (Lipinski definition) is 2. The van der Waals surface area contributed by atoms with Crippen LogP contribution in [0.5, 0.6) is 0 Å². The summed E-state index contributed by atoms with van der Waals surface area (Å²) in [5, 5.41) is 6.20. The first kappa shape index (κ1) is 15.9. The molecule has 1 aliphatic rings.